The zero-order chi connectivity index (χ0) is 45.4. The minimum absolute atomic E-state index is 0.0227. The van der Waals surface area contributed by atoms with E-state index in [-0.39, 0.29) is 28.4 Å². The van der Waals surface area contributed by atoms with Crippen molar-refractivity contribution in [3.05, 3.63) is 173 Å². The average Bonchev–Trinajstić information content (AvgIpc) is 3.65. The second kappa shape index (κ2) is 14.4. The first-order valence-corrected chi connectivity index (χ1v) is 23.8. The van der Waals surface area contributed by atoms with Gasteiger partial charge >= 0.3 is 0 Å². The van der Waals surface area contributed by atoms with Crippen LogP contribution in [0.2, 0.25) is 0 Å². The third kappa shape index (κ3) is 6.61. The second-order valence-electron chi connectivity index (χ2n) is 22.6. The fourth-order valence-corrected chi connectivity index (χ4v) is 11.2. The normalized spacial score (nSPS) is 16.0. The predicted molar refractivity (Wildman–Crippen MR) is 279 cm³/mol. The van der Waals surface area contributed by atoms with Gasteiger partial charge in [-0.05, 0) is 145 Å². The fourth-order valence-electron chi connectivity index (χ4n) is 11.2. The van der Waals surface area contributed by atoms with Crippen LogP contribution in [-0.2, 0) is 21.7 Å². The van der Waals surface area contributed by atoms with E-state index in [1.165, 1.54) is 83.4 Å². The summed E-state index contributed by atoms with van der Waals surface area (Å²) in [4.78, 5) is 5.13. The van der Waals surface area contributed by atoms with Gasteiger partial charge in [0.25, 0.3) is 6.71 Å². The molecule has 0 amide bonds. The Bertz CT molecular complexity index is 3180. The molecular formula is C61H61BN2O. The Morgan fingerprint density at radius 2 is 1.11 bits per heavy atom. The molecule has 11 rings (SSSR count). The molecule has 0 fully saturated rings. The lowest BCUT2D eigenvalue weighted by Gasteiger charge is -2.43. The van der Waals surface area contributed by atoms with Crippen molar-refractivity contribution >= 4 is 68.4 Å². The molecule has 0 saturated heterocycles. The molecule has 324 valence electrons. The van der Waals surface area contributed by atoms with Crippen LogP contribution >= 0.6 is 0 Å². The van der Waals surface area contributed by atoms with Crippen LogP contribution in [0.25, 0.3) is 33.2 Å². The van der Waals surface area contributed by atoms with Gasteiger partial charge in [0.15, 0.2) is 0 Å². The van der Waals surface area contributed by atoms with Crippen LogP contribution in [0.15, 0.2) is 150 Å². The first-order valence-electron chi connectivity index (χ1n) is 23.8. The van der Waals surface area contributed by atoms with Crippen LogP contribution in [0.3, 0.4) is 0 Å². The Kier molecular flexibility index (Phi) is 9.16. The van der Waals surface area contributed by atoms with Crippen molar-refractivity contribution in [3.8, 4) is 22.3 Å². The van der Waals surface area contributed by atoms with E-state index < -0.39 is 0 Å². The molecule has 3 aliphatic rings. The Hall–Kier alpha value is -6.26. The minimum Gasteiger partial charge on any atom is -0.468 e. The number of hydrogen-bond donors (Lipinski definition) is 0. The van der Waals surface area contributed by atoms with E-state index in [0.717, 1.165) is 41.1 Å². The van der Waals surface area contributed by atoms with Gasteiger partial charge in [-0.2, -0.15) is 0 Å². The third-order valence-corrected chi connectivity index (χ3v) is 15.1. The van der Waals surface area contributed by atoms with E-state index in [9.17, 15) is 0 Å². The molecule has 65 heavy (non-hydrogen) atoms. The number of nitrogens with zero attached hydrogens (tertiary/aromatic N) is 2. The summed E-state index contributed by atoms with van der Waals surface area (Å²) in [5.41, 5.74) is 23.0. The Labute approximate surface area is 387 Å². The summed E-state index contributed by atoms with van der Waals surface area (Å²) in [6.45, 7) is 25.7. The van der Waals surface area contributed by atoms with Gasteiger partial charge in [-0.25, -0.2) is 0 Å². The van der Waals surface area contributed by atoms with E-state index in [1.54, 1.807) is 0 Å². The third-order valence-electron chi connectivity index (χ3n) is 15.1. The van der Waals surface area contributed by atoms with Gasteiger partial charge in [0.1, 0.15) is 5.58 Å². The lowest BCUT2D eigenvalue weighted by molar-refractivity contribution is 0.332. The molecule has 1 aromatic heterocycles. The number of benzene rings is 7. The van der Waals surface area contributed by atoms with Gasteiger partial charge in [-0.1, -0.05) is 166 Å². The molecule has 3 heterocycles. The van der Waals surface area contributed by atoms with Crippen LogP contribution in [0.5, 0.6) is 0 Å². The summed E-state index contributed by atoms with van der Waals surface area (Å²) >= 11 is 0. The molecule has 0 N–H and O–H groups in total. The molecule has 7 aromatic carbocycles. The fraction of sp³-hybridized carbons (Fsp3) is 0.279. The van der Waals surface area contributed by atoms with E-state index in [1.807, 2.05) is 0 Å². The molecule has 1 aliphatic carbocycles. The maximum absolute atomic E-state index is 7.63. The molecule has 0 radical (unpaired) electrons. The molecule has 0 unspecified atom stereocenters. The molecule has 0 spiro atoms. The summed E-state index contributed by atoms with van der Waals surface area (Å²) < 4.78 is 7.63. The van der Waals surface area contributed by atoms with Gasteiger partial charge in [0.2, 0.25) is 0 Å². The van der Waals surface area contributed by atoms with E-state index in [2.05, 4.69) is 232 Å². The molecule has 0 atom stereocenters. The molecule has 2 aliphatic heterocycles. The van der Waals surface area contributed by atoms with Gasteiger partial charge in [-0.3, -0.25) is 0 Å². The topological polar surface area (TPSA) is 19.6 Å². The zero-order valence-corrected chi connectivity index (χ0v) is 40.2. The van der Waals surface area contributed by atoms with E-state index >= 15 is 0 Å². The zero-order valence-electron chi connectivity index (χ0n) is 40.2. The predicted octanol–water partition coefficient (Wildman–Crippen LogP) is 15.1. The molecule has 0 saturated carbocycles. The summed E-state index contributed by atoms with van der Waals surface area (Å²) in [7, 11) is 0. The van der Waals surface area contributed by atoms with Crippen molar-refractivity contribution in [2.24, 2.45) is 0 Å². The standard InChI is InChI=1S/C61H61BN2O/c1-38-32-52-55-53(33-38)64(51-34-41(39-18-14-12-15-19-39)22-28-45(51)40-20-16-13-17-21-40)56-46-36-47-48(61(10,11)31-30-60(47,8)9)37-54(46)65-57(56)62(55)49-35-43(59(5,6)7)25-29-50(49)63(52)44-26-23-42(24-27-44)58(2,3)4/h12-29,32-37H,30-31H2,1-11H3. The average molecular weight is 849 g/mol. The minimum atomic E-state index is -0.142. The van der Waals surface area contributed by atoms with Crippen LogP contribution in [0, 0.1) is 6.92 Å². The van der Waals surface area contributed by atoms with Crippen LogP contribution in [0.4, 0.5) is 34.1 Å². The number of fused-ring (bicyclic) bond motifs is 7. The highest BCUT2D eigenvalue weighted by Crippen LogP contribution is 2.53. The molecule has 3 nitrogen and oxygen atoms in total. The van der Waals surface area contributed by atoms with Crippen molar-refractivity contribution in [2.75, 3.05) is 9.80 Å². The van der Waals surface area contributed by atoms with Crippen molar-refractivity contribution in [1.82, 2.24) is 0 Å². The van der Waals surface area contributed by atoms with Crippen molar-refractivity contribution in [3.63, 3.8) is 0 Å². The lowest BCUT2D eigenvalue weighted by atomic mass is 9.35. The van der Waals surface area contributed by atoms with Crippen molar-refractivity contribution < 1.29 is 4.42 Å². The molecule has 0 bridgehead atoms. The highest BCUT2D eigenvalue weighted by Gasteiger charge is 2.48. The highest BCUT2D eigenvalue weighted by atomic mass is 16.3. The smallest absolute Gasteiger partial charge is 0.297 e. The summed E-state index contributed by atoms with van der Waals surface area (Å²) in [5.74, 6) is 0. The summed E-state index contributed by atoms with van der Waals surface area (Å²) in [6.07, 6.45) is 2.28. The largest absolute Gasteiger partial charge is 0.468 e. The molecular weight excluding hydrogens is 787 g/mol. The van der Waals surface area contributed by atoms with Gasteiger partial charge in [-0.15, -0.1) is 0 Å². The Balaban J connectivity index is 1.29. The number of aryl methyl sites for hydroxylation is 1. The number of rotatable bonds is 4. The van der Waals surface area contributed by atoms with Gasteiger partial charge in [0.05, 0.1) is 17.0 Å². The SMILES string of the molecule is Cc1cc2c3c(c1)N(c1cc(-c4ccccc4)ccc1-c1ccccc1)c1c(oc4cc5c(cc14)C(C)(C)CCC5(C)C)B3c1cc(C(C)(C)C)ccc1N2c1ccc(C(C)(C)C)cc1. The van der Waals surface area contributed by atoms with Gasteiger partial charge < -0.3 is 14.2 Å². The van der Waals surface area contributed by atoms with Crippen LogP contribution < -0.4 is 26.4 Å². The Morgan fingerprint density at radius 1 is 0.523 bits per heavy atom. The summed E-state index contributed by atoms with van der Waals surface area (Å²) in [6, 6.07) is 55.2. The number of anilines is 6. The van der Waals surface area contributed by atoms with Gasteiger partial charge in [0, 0.05) is 33.7 Å². The number of hydrogen-bond acceptors (Lipinski definition) is 3. The maximum Gasteiger partial charge on any atom is 0.297 e. The maximum atomic E-state index is 7.63. The van der Waals surface area contributed by atoms with Crippen LogP contribution in [0.1, 0.15) is 110 Å². The summed E-state index contributed by atoms with van der Waals surface area (Å²) in [5, 5.41) is 1.18. The quantitative estimate of drug-likeness (QED) is 0.165. The van der Waals surface area contributed by atoms with Crippen molar-refractivity contribution in [2.45, 2.75) is 111 Å². The van der Waals surface area contributed by atoms with Crippen molar-refractivity contribution in [1.29, 1.82) is 0 Å². The highest BCUT2D eigenvalue weighted by molar-refractivity contribution is 7.00. The van der Waals surface area contributed by atoms with Crippen LogP contribution in [-0.4, -0.2) is 6.71 Å². The monoisotopic (exact) mass is 848 g/mol. The Morgan fingerprint density at radius 3 is 1.74 bits per heavy atom. The molecule has 8 aromatic rings. The number of furan rings is 1. The lowest BCUT2D eigenvalue weighted by Crippen LogP contribution is -2.61. The second-order valence-corrected chi connectivity index (χ2v) is 22.6. The van der Waals surface area contributed by atoms with E-state index in [4.69, 9.17) is 4.42 Å². The first-order chi connectivity index (χ1) is 30.9. The molecule has 4 heteroatoms. The first kappa shape index (κ1) is 41.4. The van der Waals surface area contributed by atoms with E-state index in [0.29, 0.717) is 0 Å².